The molecule has 110 valence electrons. The molecule has 0 spiro atoms. The second-order valence-corrected chi connectivity index (χ2v) is 6.69. The molecule has 2 saturated heterocycles. The first-order valence-corrected chi connectivity index (χ1v) is 8.21. The Kier molecular flexibility index (Phi) is 5.50. The van der Waals surface area contributed by atoms with Crippen LogP contribution in [0.3, 0.4) is 0 Å². The molecule has 0 bridgehead atoms. The van der Waals surface area contributed by atoms with Crippen molar-refractivity contribution < 1.29 is 9.53 Å². The van der Waals surface area contributed by atoms with Gasteiger partial charge < -0.3 is 15.8 Å². The van der Waals surface area contributed by atoms with Crippen molar-refractivity contribution in [2.45, 2.75) is 31.3 Å². The van der Waals surface area contributed by atoms with Gasteiger partial charge in [0.2, 0.25) is 5.91 Å². The van der Waals surface area contributed by atoms with Gasteiger partial charge in [0, 0.05) is 43.4 Å². The molecule has 2 fully saturated rings. The Morgan fingerprint density at radius 1 is 1.53 bits per heavy atom. The summed E-state index contributed by atoms with van der Waals surface area (Å²) >= 11 is 1.98. The zero-order chi connectivity index (χ0) is 13.7. The highest BCUT2D eigenvalue weighted by Crippen LogP contribution is 2.33. The van der Waals surface area contributed by atoms with E-state index in [0.717, 1.165) is 45.0 Å². The van der Waals surface area contributed by atoms with E-state index < -0.39 is 0 Å². The molecular weight excluding hydrogens is 262 g/mol. The molecule has 6 heteroatoms. The number of rotatable bonds is 5. The maximum atomic E-state index is 11.8. The molecule has 19 heavy (non-hydrogen) atoms. The van der Waals surface area contributed by atoms with E-state index in [0.29, 0.717) is 6.42 Å². The zero-order valence-electron chi connectivity index (χ0n) is 11.7. The maximum Gasteiger partial charge on any atom is 0.221 e. The van der Waals surface area contributed by atoms with Gasteiger partial charge in [0.05, 0.1) is 13.2 Å². The third-order valence-corrected chi connectivity index (χ3v) is 5.12. The van der Waals surface area contributed by atoms with Crippen LogP contribution in [0, 0.1) is 0 Å². The SMILES string of the molecule is CC(N)CC(=O)NCC1(N2CCOCC2)CCSC1. The topological polar surface area (TPSA) is 67.6 Å². The molecule has 0 radical (unpaired) electrons. The molecule has 0 saturated carbocycles. The van der Waals surface area contributed by atoms with Gasteiger partial charge in [-0.2, -0.15) is 11.8 Å². The van der Waals surface area contributed by atoms with Crippen molar-refractivity contribution in [1.29, 1.82) is 0 Å². The van der Waals surface area contributed by atoms with Crippen LogP contribution in [0.5, 0.6) is 0 Å². The van der Waals surface area contributed by atoms with Gasteiger partial charge in [-0.1, -0.05) is 0 Å². The number of nitrogens with one attached hydrogen (secondary N) is 1. The van der Waals surface area contributed by atoms with Gasteiger partial charge in [0.15, 0.2) is 0 Å². The minimum Gasteiger partial charge on any atom is -0.379 e. The number of hydrogen-bond acceptors (Lipinski definition) is 5. The molecule has 3 N–H and O–H groups in total. The smallest absolute Gasteiger partial charge is 0.221 e. The number of morpholine rings is 1. The van der Waals surface area contributed by atoms with Crippen LogP contribution in [-0.2, 0) is 9.53 Å². The van der Waals surface area contributed by atoms with Gasteiger partial charge >= 0.3 is 0 Å². The molecule has 5 nitrogen and oxygen atoms in total. The number of carbonyl (C=O) groups excluding carboxylic acids is 1. The van der Waals surface area contributed by atoms with E-state index in [1.54, 1.807) is 0 Å². The monoisotopic (exact) mass is 287 g/mol. The first-order chi connectivity index (χ1) is 9.12. The van der Waals surface area contributed by atoms with E-state index in [9.17, 15) is 4.79 Å². The van der Waals surface area contributed by atoms with Crippen LogP contribution in [0.2, 0.25) is 0 Å². The molecular formula is C13H25N3O2S. The van der Waals surface area contributed by atoms with Crippen LogP contribution in [0.4, 0.5) is 0 Å². The number of carbonyl (C=O) groups is 1. The summed E-state index contributed by atoms with van der Waals surface area (Å²) in [6, 6.07) is -0.0720. The Hall–Kier alpha value is -0.300. The van der Waals surface area contributed by atoms with E-state index >= 15 is 0 Å². The Morgan fingerprint density at radius 3 is 2.84 bits per heavy atom. The fourth-order valence-electron chi connectivity index (χ4n) is 2.76. The number of nitrogens with zero attached hydrogens (tertiary/aromatic N) is 1. The highest BCUT2D eigenvalue weighted by molar-refractivity contribution is 7.99. The van der Waals surface area contributed by atoms with Crippen molar-refractivity contribution in [3.63, 3.8) is 0 Å². The second-order valence-electron chi connectivity index (χ2n) is 5.58. The molecule has 2 heterocycles. The summed E-state index contributed by atoms with van der Waals surface area (Å²) in [5.74, 6) is 2.35. The number of thioether (sulfide) groups is 1. The molecule has 2 aliphatic rings. The van der Waals surface area contributed by atoms with Crippen molar-refractivity contribution in [3.05, 3.63) is 0 Å². The molecule has 2 rings (SSSR count). The maximum absolute atomic E-state index is 11.8. The van der Waals surface area contributed by atoms with E-state index in [1.807, 2.05) is 18.7 Å². The van der Waals surface area contributed by atoms with Crippen molar-refractivity contribution in [3.8, 4) is 0 Å². The third kappa shape index (κ3) is 4.08. The first-order valence-electron chi connectivity index (χ1n) is 7.05. The largest absolute Gasteiger partial charge is 0.379 e. The average molecular weight is 287 g/mol. The minimum atomic E-state index is -0.0720. The van der Waals surface area contributed by atoms with E-state index in [-0.39, 0.29) is 17.5 Å². The molecule has 0 aromatic rings. The van der Waals surface area contributed by atoms with Crippen molar-refractivity contribution in [2.24, 2.45) is 5.73 Å². The summed E-state index contributed by atoms with van der Waals surface area (Å²) in [5.41, 5.74) is 5.79. The van der Waals surface area contributed by atoms with Crippen LogP contribution >= 0.6 is 11.8 Å². The van der Waals surface area contributed by atoms with Gasteiger partial charge in [-0.3, -0.25) is 9.69 Å². The highest BCUT2D eigenvalue weighted by Gasteiger charge is 2.40. The summed E-state index contributed by atoms with van der Waals surface area (Å²) in [7, 11) is 0. The van der Waals surface area contributed by atoms with Crippen LogP contribution in [0.15, 0.2) is 0 Å². The van der Waals surface area contributed by atoms with Gasteiger partial charge in [-0.15, -0.1) is 0 Å². The Labute approximate surface area is 119 Å². The summed E-state index contributed by atoms with van der Waals surface area (Å²) in [6.45, 7) is 6.17. The lowest BCUT2D eigenvalue weighted by Gasteiger charge is -2.43. The zero-order valence-corrected chi connectivity index (χ0v) is 12.5. The molecule has 2 aliphatic heterocycles. The molecule has 0 aromatic carbocycles. The predicted octanol–water partition coefficient (Wildman–Crippen LogP) is 0.0478. The molecule has 2 unspecified atom stereocenters. The van der Waals surface area contributed by atoms with Crippen molar-refractivity contribution in [2.75, 3.05) is 44.4 Å². The summed E-state index contributed by atoms with van der Waals surface area (Å²) < 4.78 is 5.43. The predicted molar refractivity (Wildman–Crippen MR) is 78.3 cm³/mol. The van der Waals surface area contributed by atoms with Crippen molar-refractivity contribution in [1.82, 2.24) is 10.2 Å². The molecule has 1 amide bonds. The lowest BCUT2D eigenvalue weighted by molar-refractivity contribution is -0.122. The fourth-order valence-corrected chi connectivity index (χ4v) is 4.24. The minimum absolute atomic E-state index is 0.0690. The van der Waals surface area contributed by atoms with Crippen LogP contribution in [0.25, 0.3) is 0 Å². The standard InChI is InChI=1S/C13H25N3O2S/c1-11(14)8-12(17)15-9-13(2-7-19-10-13)16-3-5-18-6-4-16/h11H,2-10,14H2,1H3,(H,15,17). The highest BCUT2D eigenvalue weighted by atomic mass is 32.2. The normalized spacial score (nSPS) is 30.2. The lowest BCUT2D eigenvalue weighted by Crippen LogP contribution is -2.59. The van der Waals surface area contributed by atoms with E-state index in [4.69, 9.17) is 10.5 Å². The summed E-state index contributed by atoms with van der Waals surface area (Å²) in [5, 5.41) is 3.08. The molecule has 0 aromatic heterocycles. The quantitative estimate of drug-likeness (QED) is 0.748. The van der Waals surface area contributed by atoms with E-state index in [1.165, 1.54) is 5.75 Å². The number of amides is 1. The van der Waals surface area contributed by atoms with Gasteiger partial charge in [-0.25, -0.2) is 0 Å². The van der Waals surface area contributed by atoms with Crippen LogP contribution in [-0.4, -0.2) is 66.7 Å². The first kappa shape index (κ1) is 15.1. The average Bonchev–Trinajstić information content (AvgIpc) is 2.87. The fraction of sp³-hybridized carbons (Fsp3) is 0.923. The van der Waals surface area contributed by atoms with E-state index in [2.05, 4.69) is 10.2 Å². The van der Waals surface area contributed by atoms with Gasteiger partial charge in [0.25, 0.3) is 0 Å². The number of ether oxygens (including phenoxy) is 1. The van der Waals surface area contributed by atoms with Crippen molar-refractivity contribution >= 4 is 17.7 Å². The third-order valence-electron chi connectivity index (χ3n) is 3.89. The van der Waals surface area contributed by atoms with Crippen LogP contribution in [0.1, 0.15) is 19.8 Å². The van der Waals surface area contributed by atoms with Gasteiger partial charge in [-0.05, 0) is 19.1 Å². The summed E-state index contributed by atoms with van der Waals surface area (Å²) in [6.07, 6.45) is 1.56. The Bertz CT molecular complexity index is 300. The Morgan fingerprint density at radius 2 is 2.26 bits per heavy atom. The molecule has 0 aliphatic carbocycles. The number of nitrogens with two attached hydrogens (primary N) is 1. The lowest BCUT2D eigenvalue weighted by atomic mass is 9.95. The second kappa shape index (κ2) is 6.92. The van der Waals surface area contributed by atoms with Gasteiger partial charge in [0.1, 0.15) is 0 Å². The Balaban J connectivity index is 1.90. The van der Waals surface area contributed by atoms with Crippen LogP contribution < -0.4 is 11.1 Å². The summed E-state index contributed by atoms with van der Waals surface area (Å²) in [4.78, 5) is 14.3. The molecule has 2 atom stereocenters. The number of hydrogen-bond donors (Lipinski definition) is 2.